The van der Waals surface area contributed by atoms with E-state index in [2.05, 4.69) is 46.9 Å². The van der Waals surface area contributed by atoms with Crippen molar-refractivity contribution in [1.82, 2.24) is 14.9 Å². The van der Waals surface area contributed by atoms with Crippen LogP contribution in [-0.4, -0.2) is 47.6 Å². The van der Waals surface area contributed by atoms with Crippen molar-refractivity contribution >= 4 is 34.2 Å². The zero-order valence-electron chi connectivity index (χ0n) is 24.6. The first-order valence-electron chi connectivity index (χ1n) is 14.8. The SMILES string of the molecule is COC(=O)c1ccc(C2CCN(CC3=C(c4ccc(Cl)cc4)CC(C)(C)CC3)CC2)cc1Oc1cnc2[nH]ccc2c1. The van der Waals surface area contributed by atoms with Gasteiger partial charge in [-0.1, -0.05) is 49.2 Å². The average molecular weight is 584 g/mol. The second-order valence-corrected chi connectivity index (χ2v) is 12.9. The zero-order valence-corrected chi connectivity index (χ0v) is 25.3. The van der Waals surface area contributed by atoms with Crippen LogP contribution in [0.2, 0.25) is 5.02 Å². The van der Waals surface area contributed by atoms with Gasteiger partial charge in [-0.25, -0.2) is 9.78 Å². The van der Waals surface area contributed by atoms with Gasteiger partial charge in [0.05, 0.1) is 13.3 Å². The summed E-state index contributed by atoms with van der Waals surface area (Å²) < 4.78 is 11.3. The molecule has 1 saturated heterocycles. The number of hydrogen-bond acceptors (Lipinski definition) is 5. The highest BCUT2D eigenvalue weighted by molar-refractivity contribution is 6.30. The zero-order chi connectivity index (χ0) is 29.3. The van der Waals surface area contributed by atoms with Crippen LogP contribution in [0.15, 0.2) is 72.6 Å². The van der Waals surface area contributed by atoms with Gasteiger partial charge in [-0.3, -0.25) is 4.90 Å². The van der Waals surface area contributed by atoms with Gasteiger partial charge in [0.15, 0.2) is 0 Å². The molecule has 1 aliphatic carbocycles. The molecule has 2 aromatic heterocycles. The van der Waals surface area contributed by atoms with Gasteiger partial charge < -0.3 is 14.5 Å². The number of rotatable bonds is 7. The molecule has 1 aliphatic heterocycles. The lowest BCUT2D eigenvalue weighted by atomic mass is 9.72. The van der Waals surface area contributed by atoms with Crippen LogP contribution >= 0.6 is 11.6 Å². The summed E-state index contributed by atoms with van der Waals surface area (Å²) in [6.07, 6.45) is 9.10. The van der Waals surface area contributed by atoms with Crippen LogP contribution in [0.25, 0.3) is 16.6 Å². The van der Waals surface area contributed by atoms with Crippen molar-refractivity contribution < 1.29 is 14.3 Å². The largest absolute Gasteiger partial charge is 0.465 e. The van der Waals surface area contributed by atoms with E-state index < -0.39 is 5.97 Å². The highest BCUT2D eigenvalue weighted by Crippen LogP contribution is 2.44. The number of pyridine rings is 1. The molecule has 218 valence electrons. The summed E-state index contributed by atoms with van der Waals surface area (Å²) in [5, 5.41) is 1.73. The predicted octanol–water partition coefficient (Wildman–Crippen LogP) is 8.64. The topological polar surface area (TPSA) is 67.4 Å². The molecule has 6 rings (SSSR count). The average Bonchev–Trinajstić information content (AvgIpc) is 3.46. The van der Waals surface area contributed by atoms with E-state index in [-0.39, 0.29) is 0 Å². The molecular weight excluding hydrogens is 546 g/mol. The summed E-state index contributed by atoms with van der Waals surface area (Å²) in [7, 11) is 1.39. The number of aromatic amines is 1. The van der Waals surface area contributed by atoms with Crippen molar-refractivity contribution in [3.8, 4) is 11.5 Å². The number of allylic oxidation sites excluding steroid dienone is 1. The third-order valence-electron chi connectivity index (χ3n) is 8.87. The first-order chi connectivity index (χ1) is 20.3. The second kappa shape index (κ2) is 11.9. The summed E-state index contributed by atoms with van der Waals surface area (Å²) in [5.41, 5.74) is 7.08. The van der Waals surface area contributed by atoms with Crippen LogP contribution in [-0.2, 0) is 4.74 Å². The van der Waals surface area contributed by atoms with E-state index in [0.29, 0.717) is 28.4 Å². The maximum Gasteiger partial charge on any atom is 0.341 e. The van der Waals surface area contributed by atoms with E-state index in [1.165, 1.54) is 30.2 Å². The van der Waals surface area contributed by atoms with Crippen molar-refractivity contribution in [2.45, 2.75) is 51.9 Å². The highest BCUT2D eigenvalue weighted by Gasteiger charge is 2.30. The third-order valence-corrected chi connectivity index (χ3v) is 9.12. The maximum absolute atomic E-state index is 12.6. The molecule has 2 aliphatic rings. The van der Waals surface area contributed by atoms with E-state index in [4.69, 9.17) is 21.1 Å². The highest BCUT2D eigenvalue weighted by atomic mass is 35.5. The number of piperidine rings is 1. The lowest BCUT2D eigenvalue weighted by Gasteiger charge is -2.37. The van der Waals surface area contributed by atoms with Gasteiger partial charge in [-0.2, -0.15) is 0 Å². The van der Waals surface area contributed by atoms with Crippen molar-refractivity contribution in [2.24, 2.45) is 5.41 Å². The fourth-order valence-electron chi connectivity index (χ4n) is 6.42. The summed E-state index contributed by atoms with van der Waals surface area (Å²) >= 11 is 6.20. The van der Waals surface area contributed by atoms with E-state index in [1.54, 1.807) is 11.8 Å². The first kappa shape index (κ1) is 28.5. The minimum absolute atomic E-state index is 0.311. The molecule has 3 heterocycles. The summed E-state index contributed by atoms with van der Waals surface area (Å²) in [4.78, 5) is 22.7. The summed E-state index contributed by atoms with van der Waals surface area (Å²) in [5.74, 6) is 1.07. The lowest BCUT2D eigenvalue weighted by Crippen LogP contribution is -2.35. The van der Waals surface area contributed by atoms with E-state index in [9.17, 15) is 4.79 Å². The normalized spacial score (nSPS) is 17.9. The maximum atomic E-state index is 12.6. The monoisotopic (exact) mass is 583 g/mol. The Morgan fingerprint density at radius 3 is 2.64 bits per heavy atom. The molecule has 7 heteroatoms. The number of halogens is 1. The van der Waals surface area contributed by atoms with Crippen molar-refractivity contribution in [2.75, 3.05) is 26.7 Å². The van der Waals surface area contributed by atoms with Crippen LogP contribution in [0.4, 0.5) is 0 Å². The van der Waals surface area contributed by atoms with Crippen LogP contribution < -0.4 is 4.74 Å². The van der Waals surface area contributed by atoms with Crippen LogP contribution in [0.1, 0.15) is 73.4 Å². The van der Waals surface area contributed by atoms with Crippen LogP contribution in [0.3, 0.4) is 0 Å². The number of benzene rings is 2. The number of H-pyrrole nitrogens is 1. The Morgan fingerprint density at radius 2 is 1.88 bits per heavy atom. The summed E-state index contributed by atoms with van der Waals surface area (Å²) in [6.45, 7) is 7.85. The minimum Gasteiger partial charge on any atom is -0.465 e. The Kier molecular flexibility index (Phi) is 8.11. The van der Waals surface area contributed by atoms with Gasteiger partial charge in [0.25, 0.3) is 0 Å². The number of nitrogens with one attached hydrogen (secondary N) is 1. The quantitative estimate of drug-likeness (QED) is 0.221. The number of carbonyl (C=O) groups is 1. The minimum atomic E-state index is -0.414. The van der Waals surface area contributed by atoms with E-state index in [1.807, 2.05) is 42.6 Å². The first-order valence-corrected chi connectivity index (χ1v) is 15.2. The smallest absolute Gasteiger partial charge is 0.341 e. The molecule has 0 amide bonds. The molecule has 0 saturated carbocycles. The number of aromatic nitrogens is 2. The van der Waals surface area contributed by atoms with Crippen LogP contribution in [0.5, 0.6) is 11.5 Å². The molecule has 4 aromatic rings. The fourth-order valence-corrected chi connectivity index (χ4v) is 6.54. The van der Waals surface area contributed by atoms with Crippen LogP contribution in [0, 0.1) is 5.41 Å². The van der Waals surface area contributed by atoms with Gasteiger partial charge in [0.1, 0.15) is 22.7 Å². The Morgan fingerprint density at radius 1 is 1.10 bits per heavy atom. The number of fused-ring (bicyclic) bond motifs is 1. The standard InChI is InChI=1S/C35H38ClN3O3/c1-35(2)14-10-27(31(20-35)24-4-7-28(36)8-5-24)22-39-16-12-23(13-17-39)25-6-9-30(34(40)41-3)32(19-25)42-29-18-26-11-15-37-33(26)38-21-29/h4-9,11,15,18-19,21,23H,10,12-14,16-17,20,22H2,1-3H3,(H,37,38). The molecule has 0 spiro atoms. The summed E-state index contributed by atoms with van der Waals surface area (Å²) in [6, 6.07) is 18.1. The second-order valence-electron chi connectivity index (χ2n) is 12.4. The van der Waals surface area contributed by atoms with E-state index >= 15 is 0 Å². The molecule has 0 radical (unpaired) electrons. The molecule has 0 unspecified atom stereocenters. The van der Waals surface area contributed by atoms with Gasteiger partial charge in [0.2, 0.25) is 0 Å². The molecule has 2 aromatic carbocycles. The van der Waals surface area contributed by atoms with E-state index in [0.717, 1.165) is 61.4 Å². The third kappa shape index (κ3) is 6.25. The van der Waals surface area contributed by atoms with Crippen molar-refractivity contribution in [1.29, 1.82) is 0 Å². The van der Waals surface area contributed by atoms with Crippen molar-refractivity contribution in [3.05, 3.63) is 94.3 Å². The van der Waals surface area contributed by atoms with Gasteiger partial charge in [0, 0.05) is 23.2 Å². The Labute approximate surface area is 252 Å². The number of esters is 1. The van der Waals surface area contributed by atoms with Gasteiger partial charge >= 0.3 is 5.97 Å². The molecule has 1 fully saturated rings. The number of ether oxygens (including phenoxy) is 2. The molecule has 42 heavy (non-hydrogen) atoms. The number of hydrogen-bond donors (Lipinski definition) is 1. The molecule has 0 bridgehead atoms. The number of likely N-dealkylation sites (tertiary alicyclic amines) is 1. The number of methoxy groups -OCH3 is 1. The molecule has 0 atom stereocenters. The fraction of sp³-hybridized carbons (Fsp3) is 0.371. The lowest BCUT2D eigenvalue weighted by molar-refractivity contribution is 0.0598. The predicted molar refractivity (Wildman–Crippen MR) is 168 cm³/mol. The molecule has 6 nitrogen and oxygen atoms in total. The molecule has 1 N–H and O–H groups in total. The van der Waals surface area contributed by atoms with Gasteiger partial charge in [-0.15, -0.1) is 0 Å². The van der Waals surface area contributed by atoms with Gasteiger partial charge in [-0.05, 0) is 110 Å². The number of carbonyl (C=O) groups excluding carboxylic acids is 1. The van der Waals surface area contributed by atoms with Crippen molar-refractivity contribution in [3.63, 3.8) is 0 Å². The molecular formula is C35H38ClN3O3. The Hall–Kier alpha value is -3.61. The Balaban J connectivity index is 1.18. The Bertz CT molecular complexity index is 1610. The number of nitrogens with zero attached hydrogens (tertiary/aromatic N) is 2.